The summed E-state index contributed by atoms with van der Waals surface area (Å²) in [6.07, 6.45) is 3.69. The number of benzene rings is 1. The summed E-state index contributed by atoms with van der Waals surface area (Å²) in [5.41, 5.74) is 1.31. The van der Waals surface area contributed by atoms with E-state index in [1.165, 1.54) is 21.8 Å². The molecule has 5 atom stereocenters. The van der Waals surface area contributed by atoms with Gasteiger partial charge in [0.25, 0.3) is 0 Å². The topological polar surface area (TPSA) is 50.3 Å². The van der Waals surface area contributed by atoms with Crippen molar-refractivity contribution in [1.29, 1.82) is 0 Å². The van der Waals surface area contributed by atoms with Gasteiger partial charge in [-0.25, -0.2) is 9.88 Å². The molecule has 2 amide bonds. The van der Waals surface area contributed by atoms with Crippen LogP contribution in [0.5, 0.6) is 0 Å². The third-order valence-electron chi connectivity index (χ3n) is 5.85. The molecule has 116 valence electrons. The molecule has 4 nitrogen and oxygen atoms in total. The smallest absolute Gasteiger partial charge is 0.239 e. The van der Waals surface area contributed by atoms with E-state index < -0.39 is 0 Å². The number of nitrogens with zero attached hydrogens (tertiary/aromatic N) is 2. The first-order chi connectivity index (χ1) is 11.3. The molecule has 0 spiro atoms. The fourth-order valence-electron chi connectivity index (χ4n) is 5.06. The Kier molecular flexibility index (Phi) is 2.77. The molecule has 0 unspecified atom stereocenters. The number of amides is 2. The summed E-state index contributed by atoms with van der Waals surface area (Å²) in [5.74, 6) is 0.754. The summed E-state index contributed by atoms with van der Waals surface area (Å²) in [5, 5.41) is 2.34. The van der Waals surface area contributed by atoms with Gasteiger partial charge in [0, 0.05) is 11.6 Å². The molecule has 1 aliphatic heterocycles. The van der Waals surface area contributed by atoms with Crippen molar-refractivity contribution in [3.05, 3.63) is 47.5 Å². The predicted molar refractivity (Wildman–Crippen MR) is 87.0 cm³/mol. The van der Waals surface area contributed by atoms with Crippen LogP contribution in [0.4, 0.5) is 5.13 Å². The van der Waals surface area contributed by atoms with Crippen molar-refractivity contribution in [3.8, 4) is 0 Å². The Bertz CT molecular complexity index is 774. The highest BCUT2D eigenvalue weighted by Crippen LogP contribution is 2.61. The van der Waals surface area contributed by atoms with Crippen LogP contribution in [-0.4, -0.2) is 16.8 Å². The third-order valence-corrected chi connectivity index (χ3v) is 6.61. The molecule has 5 heteroatoms. The van der Waals surface area contributed by atoms with Gasteiger partial charge < -0.3 is 0 Å². The van der Waals surface area contributed by atoms with Gasteiger partial charge in [-0.15, -0.1) is 11.3 Å². The number of aromatic nitrogens is 1. The lowest BCUT2D eigenvalue weighted by molar-refractivity contribution is -0.123. The molecule has 2 bridgehead atoms. The van der Waals surface area contributed by atoms with E-state index in [1.807, 2.05) is 11.4 Å². The van der Waals surface area contributed by atoms with Gasteiger partial charge in [-0.1, -0.05) is 30.3 Å². The van der Waals surface area contributed by atoms with Gasteiger partial charge in [-0.05, 0) is 36.2 Å². The van der Waals surface area contributed by atoms with Crippen molar-refractivity contribution in [2.24, 2.45) is 23.7 Å². The SMILES string of the molecule is O=C1[C@H]2[C@@H]3C[C@@H]([C@@H]2C(=O)N1c1nccs1)[C@H](c1ccccc1)C3. The minimum atomic E-state index is -0.143. The average Bonchev–Trinajstić information content (AvgIpc) is 3.32. The molecule has 2 aliphatic carbocycles. The number of hydrogen-bond donors (Lipinski definition) is 0. The first-order valence-corrected chi connectivity index (χ1v) is 8.96. The molecule has 1 saturated heterocycles. The second kappa shape index (κ2) is 4.74. The Labute approximate surface area is 138 Å². The number of carbonyl (C=O) groups is 2. The van der Waals surface area contributed by atoms with Crippen LogP contribution in [0.3, 0.4) is 0 Å². The van der Waals surface area contributed by atoms with Crippen molar-refractivity contribution < 1.29 is 9.59 Å². The predicted octanol–water partition coefficient (Wildman–Crippen LogP) is 3.07. The zero-order valence-corrected chi connectivity index (χ0v) is 13.3. The molecule has 0 N–H and O–H groups in total. The molecular formula is C18H16N2O2S. The maximum absolute atomic E-state index is 12.9. The summed E-state index contributed by atoms with van der Waals surface area (Å²) in [4.78, 5) is 31.3. The highest BCUT2D eigenvalue weighted by atomic mass is 32.1. The average molecular weight is 324 g/mol. The second-order valence-electron chi connectivity index (χ2n) is 6.79. The van der Waals surface area contributed by atoms with Crippen LogP contribution in [0.2, 0.25) is 0 Å². The van der Waals surface area contributed by atoms with Crippen molar-refractivity contribution in [3.63, 3.8) is 0 Å². The monoisotopic (exact) mass is 324 g/mol. The maximum atomic E-state index is 12.9. The fourth-order valence-corrected chi connectivity index (χ4v) is 5.71. The number of imide groups is 1. The zero-order chi connectivity index (χ0) is 15.6. The first-order valence-electron chi connectivity index (χ1n) is 8.08. The van der Waals surface area contributed by atoms with Crippen LogP contribution in [0.15, 0.2) is 41.9 Å². The standard InChI is InChI=1S/C18H16N2O2S/c21-16-14-11-8-12(10-4-2-1-3-5-10)13(9-11)15(14)17(22)20(16)18-19-6-7-23-18/h1-7,11-15H,8-9H2/t11-,12-,13+,14-,15-/m0/s1. The van der Waals surface area contributed by atoms with E-state index >= 15 is 0 Å². The van der Waals surface area contributed by atoms with E-state index in [1.54, 1.807) is 6.20 Å². The van der Waals surface area contributed by atoms with Gasteiger partial charge in [0.2, 0.25) is 11.8 Å². The molecule has 1 aromatic heterocycles. The highest BCUT2D eigenvalue weighted by molar-refractivity contribution is 7.14. The van der Waals surface area contributed by atoms with Crippen LogP contribution in [0, 0.1) is 23.7 Å². The minimum Gasteiger partial charge on any atom is -0.274 e. The quantitative estimate of drug-likeness (QED) is 0.798. The van der Waals surface area contributed by atoms with E-state index in [-0.39, 0.29) is 23.7 Å². The molecule has 3 fully saturated rings. The highest BCUT2D eigenvalue weighted by Gasteiger charge is 2.64. The normalized spacial score (nSPS) is 35.1. The van der Waals surface area contributed by atoms with Crippen molar-refractivity contribution in [2.45, 2.75) is 18.8 Å². The Balaban J connectivity index is 1.51. The third kappa shape index (κ3) is 1.74. The number of anilines is 1. The number of hydrogen-bond acceptors (Lipinski definition) is 4. The minimum absolute atomic E-state index is 0.0195. The lowest BCUT2D eigenvalue weighted by Gasteiger charge is -2.28. The molecule has 2 aromatic rings. The summed E-state index contributed by atoms with van der Waals surface area (Å²) in [6, 6.07) is 10.4. The van der Waals surface area contributed by atoms with Crippen LogP contribution in [-0.2, 0) is 9.59 Å². The van der Waals surface area contributed by atoms with Crippen LogP contribution in [0.25, 0.3) is 0 Å². The van der Waals surface area contributed by atoms with Crippen LogP contribution in [0.1, 0.15) is 24.3 Å². The summed E-state index contributed by atoms with van der Waals surface area (Å²) < 4.78 is 0. The molecule has 2 heterocycles. The molecule has 1 aromatic carbocycles. The Morgan fingerprint density at radius 1 is 1.04 bits per heavy atom. The van der Waals surface area contributed by atoms with Gasteiger partial charge in [-0.2, -0.15) is 0 Å². The fraction of sp³-hybridized carbons (Fsp3) is 0.389. The van der Waals surface area contributed by atoms with Gasteiger partial charge in [0.1, 0.15) is 0 Å². The van der Waals surface area contributed by atoms with E-state index in [9.17, 15) is 9.59 Å². The number of fused-ring (bicyclic) bond motifs is 5. The van der Waals surface area contributed by atoms with Crippen molar-refractivity contribution in [2.75, 3.05) is 4.90 Å². The largest absolute Gasteiger partial charge is 0.274 e. The van der Waals surface area contributed by atoms with Crippen LogP contribution < -0.4 is 4.90 Å². The Morgan fingerprint density at radius 2 is 1.83 bits per heavy atom. The molecule has 2 saturated carbocycles. The molecule has 3 aliphatic rings. The summed E-state index contributed by atoms with van der Waals surface area (Å²) in [6.45, 7) is 0. The summed E-state index contributed by atoms with van der Waals surface area (Å²) in [7, 11) is 0. The second-order valence-corrected chi connectivity index (χ2v) is 7.66. The van der Waals surface area contributed by atoms with Gasteiger partial charge in [0.05, 0.1) is 11.8 Å². The van der Waals surface area contributed by atoms with Gasteiger partial charge >= 0.3 is 0 Å². The van der Waals surface area contributed by atoms with Gasteiger partial charge in [0.15, 0.2) is 5.13 Å². The molecule has 0 radical (unpaired) electrons. The van der Waals surface area contributed by atoms with Crippen molar-refractivity contribution in [1.82, 2.24) is 4.98 Å². The molecular weight excluding hydrogens is 308 g/mol. The van der Waals surface area contributed by atoms with E-state index in [4.69, 9.17) is 0 Å². The van der Waals surface area contributed by atoms with E-state index in [0.29, 0.717) is 22.9 Å². The number of thiazole rings is 1. The zero-order valence-electron chi connectivity index (χ0n) is 12.5. The molecule has 5 rings (SSSR count). The van der Waals surface area contributed by atoms with E-state index in [2.05, 4.69) is 29.2 Å². The van der Waals surface area contributed by atoms with Gasteiger partial charge in [-0.3, -0.25) is 9.59 Å². The number of carbonyl (C=O) groups excluding carboxylic acids is 2. The summed E-state index contributed by atoms with van der Waals surface area (Å²) >= 11 is 1.36. The van der Waals surface area contributed by atoms with Crippen LogP contribution >= 0.6 is 11.3 Å². The Hall–Kier alpha value is -2.01. The maximum Gasteiger partial charge on any atom is 0.239 e. The number of rotatable bonds is 2. The first kappa shape index (κ1) is 13.4. The van der Waals surface area contributed by atoms with E-state index in [0.717, 1.165) is 12.8 Å². The Morgan fingerprint density at radius 3 is 2.57 bits per heavy atom. The van der Waals surface area contributed by atoms with Crippen molar-refractivity contribution >= 4 is 28.3 Å². The lowest BCUT2D eigenvalue weighted by Crippen LogP contribution is -2.32. The molecule has 23 heavy (non-hydrogen) atoms. The lowest BCUT2D eigenvalue weighted by atomic mass is 9.73.